The van der Waals surface area contributed by atoms with Crippen LogP contribution in [0.1, 0.15) is 18.9 Å². The average Bonchev–Trinajstić information content (AvgIpc) is 2.46. The molecule has 2 rings (SSSR count). The van der Waals surface area contributed by atoms with E-state index in [1.807, 2.05) is 18.2 Å². The van der Waals surface area contributed by atoms with Crippen molar-refractivity contribution in [3.05, 3.63) is 28.2 Å². The molecule has 1 aromatic rings. The minimum Gasteiger partial charge on any atom is -0.409 e. The third-order valence-electron chi connectivity index (χ3n) is 3.35. The summed E-state index contributed by atoms with van der Waals surface area (Å²) in [4.78, 5) is 2.27. The van der Waals surface area contributed by atoms with Crippen molar-refractivity contribution in [3.8, 4) is 0 Å². The zero-order chi connectivity index (χ0) is 13.8. The molecule has 3 N–H and O–H groups in total. The molecule has 6 heteroatoms. The van der Waals surface area contributed by atoms with E-state index in [2.05, 4.69) is 32.9 Å². The maximum atomic E-state index is 8.93. The second-order valence-electron chi connectivity index (χ2n) is 4.48. The Morgan fingerprint density at radius 1 is 1.63 bits per heavy atom. The number of morpholine rings is 1. The van der Waals surface area contributed by atoms with Gasteiger partial charge in [0, 0.05) is 22.3 Å². The van der Waals surface area contributed by atoms with Crippen LogP contribution in [0.25, 0.3) is 0 Å². The molecule has 5 nitrogen and oxygen atoms in total. The number of nitrogens with two attached hydrogens (primary N) is 1. The molecule has 104 valence electrons. The number of oxime groups is 1. The molecule has 1 aromatic carbocycles. The molecule has 0 radical (unpaired) electrons. The molecule has 1 heterocycles. The molecule has 1 fully saturated rings. The molecular formula is C13H18BrN3O2. The van der Waals surface area contributed by atoms with Gasteiger partial charge < -0.3 is 20.6 Å². The zero-order valence-corrected chi connectivity index (χ0v) is 12.4. The molecule has 1 unspecified atom stereocenters. The third-order valence-corrected chi connectivity index (χ3v) is 3.84. The van der Waals surface area contributed by atoms with Crippen molar-refractivity contribution in [2.75, 3.05) is 24.7 Å². The Kier molecular flexibility index (Phi) is 4.66. The van der Waals surface area contributed by atoms with E-state index in [9.17, 15) is 0 Å². The number of nitrogens with zero attached hydrogens (tertiary/aromatic N) is 2. The summed E-state index contributed by atoms with van der Waals surface area (Å²) in [7, 11) is 0. The monoisotopic (exact) mass is 327 g/mol. The first-order valence-electron chi connectivity index (χ1n) is 6.29. The predicted octanol–water partition coefficient (Wildman–Crippen LogP) is 2.16. The van der Waals surface area contributed by atoms with Crippen molar-refractivity contribution in [2.24, 2.45) is 10.9 Å². The fraction of sp³-hybridized carbons (Fsp3) is 0.462. The highest BCUT2D eigenvalue weighted by atomic mass is 79.9. The van der Waals surface area contributed by atoms with Crippen LogP contribution in [0.15, 0.2) is 27.8 Å². The molecule has 0 aromatic heterocycles. The smallest absolute Gasteiger partial charge is 0.172 e. The number of benzene rings is 1. The minimum absolute atomic E-state index is 0.123. The maximum Gasteiger partial charge on any atom is 0.172 e. The van der Waals surface area contributed by atoms with Crippen molar-refractivity contribution in [1.82, 2.24) is 0 Å². The van der Waals surface area contributed by atoms with Crippen LogP contribution < -0.4 is 10.6 Å². The first kappa shape index (κ1) is 14.1. The largest absolute Gasteiger partial charge is 0.409 e. The molecule has 0 spiro atoms. The number of hydrogen-bond donors (Lipinski definition) is 2. The number of anilines is 1. The normalized spacial score (nSPS) is 20.6. The average molecular weight is 328 g/mol. The Balaban J connectivity index is 2.42. The summed E-state index contributed by atoms with van der Waals surface area (Å²) in [6.07, 6.45) is 0.992. The number of hydrogen-bond acceptors (Lipinski definition) is 4. The van der Waals surface area contributed by atoms with Crippen molar-refractivity contribution in [2.45, 2.75) is 19.4 Å². The molecule has 1 atom stereocenters. The summed E-state index contributed by atoms with van der Waals surface area (Å²) in [5.41, 5.74) is 7.49. The van der Waals surface area contributed by atoms with Crippen LogP contribution in [0.2, 0.25) is 0 Å². The standard InChI is InChI=1S/C13H18BrN3O2/c1-2-10-8-19-6-5-17(10)12-4-3-9(14)7-11(12)13(15)16-18/h3-4,7,10,18H,2,5-6,8H2,1H3,(H2,15,16). The lowest BCUT2D eigenvalue weighted by atomic mass is 10.1. The van der Waals surface area contributed by atoms with Crippen molar-refractivity contribution < 1.29 is 9.94 Å². The Labute approximate surface area is 121 Å². The van der Waals surface area contributed by atoms with Crippen LogP contribution in [0.5, 0.6) is 0 Å². The number of rotatable bonds is 3. The molecule has 1 aliphatic rings. The molecule has 1 saturated heterocycles. The highest BCUT2D eigenvalue weighted by molar-refractivity contribution is 9.10. The quantitative estimate of drug-likeness (QED) is 0.386. The first-order chi connectivity index (χ1) is 9.17. The van der Waals surface area contributed by atoms with Gasteiger partial charge in [-0.3, -0.25) is 0 Å². The molecule has 0 amide bonds. The van der Waals surface area contributed by atoms with Crippen molar-refractivity contribution >= 4 is 27.5 Å². The molecule has 0 aliphatic carbocycles. The van der Waals surface area contributed by atoms with Crippen LogP contribution in [0.3, 0.4) is 0 Å². The number of halogens is 1. The predicted molar refractivity (Wildman–Crippen MR) is 78.9 cm³/mol. The van der Waals surface area contributed by atoms with Crippen LogP contribution in [-0.2, 0) is 4.74 Å². The van der Waals surface area contributed by atoms with E-state index < -0.39 is 0 Å². The van der Waals surface area contributed by atoms with Gasteiger partial charge in [0.2, 0.25) is 0 Å². The lowest BCUT2D eigenvalue weighted by Gasteiger charge is -2.38. The van der Waals surface area contributed by atoms with Gasteiger partial charge in [0.1, 0.15) is 0 Å². The number of amidine groups is 1. The van der Waals surface area contributed by atoms with Gasteiger partial charge in [0.05, 0.1) is 19.3 Å². The summed E-state index contributed by atoms with van der Waals surface area (Å²) in [6, 6.07) is 6.14. The van der Waals surface area contributed by atoms with Crippen LogP contribution in [0, 0.1) is 0 Å². The van der Waals surface area contributed by atoms with E-state index in [1.54, 1.807) is 0 Å². The Bertz CT molecular complexity index is 479. The molecular weight excluding hydrogens is 310 g/mol. The van der Waals surface area contributed by atoms with Gasteiger partial charge >= 0.3 is 0 Å². The summed E-state index contributed by atoms with van der Waals surface area (Å²) < 4.78 is 6.42. The lowest BCUT2D eigenvalue weighted by molar-refractivity contribution is 0.0930. The fourth-order valence-electron chi connectivity index (χ4n) is 2.33. The fourth-order valence-corrected chi connectivity index (χ4v) is 2.69. The maximum absolute atomic E-state index is 8.93. The highest BCUT2D eigenvalue weighted by Gasteiger charge is 2.24. The van der Waals surface area contributed by atoms with Crippen molar-refractivity contribution in [3.63, 3.8) is 0 Å². The van der Waals surface area contributed by atoms with Gasteiger partial charge in [-0.05, 0) is 24.6 Å². The van der Waals surface area contributed by atoms with E-state index in [0.29, 0.717) is 19.3 Å². The minimum atomic E-state index is 0.123. The summed E-state index contributed by atoms with van der Waals surface area (Å²) in [5, 5.41) is 12.1. The highest BCUT2D eigenvalue weighted by Crippen LogP contribution is 2.28. The van der Waals surface area contributed by atoms with Gasteiger partial charge in [-0.15, -0.1) is 0 Å². The van der Waals surface area contributed by atoms with E-state index in [1.165, 1.54) is 0 Å². The topological polar surface area (TPSA) is 71.1 Å². The summed E-state index contributed by atoms with van der Waals surface area (Å²) in [6.45, 7) is 4.35. The summed E-state index contributed by atoms with van der Waals surface area (Å²) >= 11 is 3.41. The van der Waals surface area contributed by atoms with Gasteiger partial charge in [0.15, 0.2) is 5.84 Å². The Morgan fingerprint density at radius 2 is 2.42 bits per heavy atom. The van der Waals surface area contributed by atoms with E-state index >= 15 is 0 Å². The first-order valence-corrected chi connectivity index (χ1v) is 7.08. The number of ether oxygens (including phenoxy) is 1. The van der Waals surface area contributed by atoms with Gasteiger partial charge in [-0.1, -0.05) is 28.0 Å². The van der Waals surface area contributed by atoms with Gasteiger partial charge in [-0.2, -0.15) is 0 Å². The lowest BCUT2D eigenvalue weighted by Crippen LogP contribution is -2.46. The molecule has 1 aliphatic heterocycles. The van der Waals surface area contributed by atoms with Crippen LogP contribution >= 0.6 is 15.9 Å². The van der Waals surface area contributed by atoms with Gasteiger partial charge in [-0.25, -0.2) is 0 Å². The third kappa shape index (κ3) is 3.01. The molecule has 0 saturated carbocycles. The zero-order valence-electron chi connectivity index (χ0n) is 10.8. The van der Waals surface area contributed by atoms with E-state index in [0.717, 1.165) is 28.7 Å². The Morgan fingerprint density at radius 3 is 3.11 bits per heavy atom. The van der Waals surface area contributed by atoms with Crippen molar-refractivity contribution in [1.29, 1.82) is 0 Å². The van der Waals surface area contributed by atoms with E-state index in [-0.39, 0.29) is 5.84 Å². The van der Waals surface area contributed by atoms with Crippen LogP contribution in [0.4, 0.5) is 5.69 Å². The summed E-state index contributed by atoms with van der Waals surface area (Å²) in [5.74, 6) is 0.123. The van der Waals surface area contributed by atoms with E-state index in [4.69, 9.17) is 15.7 Å². The SMILES string of the molecule is CCC1COCCN1c1ccc(Br)cc1/C(N)=N/O. The molecule has 19 heavy (non-hydrogen) atoms. The Hall–Kier alpha value is -1.27. The second-order valence-corrected chi connectivity index (χ2v) is 5.39. The van der Waals surface area contributed by atoms with Crippen LogP contribution in [-0.4, -0.2) is 36.8 Å². The molecule has 0 bridgehead atoms. The van der Waals surface area contributed by atoms with Gasteiger partial charge in [0.25, 0.3) is 0 Å². The second kappa shape index (κ2) is 6.25.